The van der Waals surface area contributed by atoms with E-state index in [9.17, 15) is 9.59 Å². The first-order chi connectivity index (χ1) is 6.57. The average Bonchev–Trinajstić information content (AvgIpc) is 2.16. The first kappa shape index (κ1) is 12.5. The summed E-state index contributed by atoms with van der Waals surface area (Å²) < 4.78 is 4.71. The minimum Gasteiger partial charge on any atom is -0.462 e. The summed E-state index contributed by atoms with van der Waals surface area (Å²) in [6.07, 6.45) is 1.71. The molecule has 0 aliphatic heterocycles. The Hall–Kier alpha value is -1.52. The van der Waals surface area contributed by atoms with Gasteiger partial charge in [-0.05, 0) is 6.42 Å². The van der Waals surface area contributed by atoms with Crippen LogP contribution >= 0.6 is 0 Å². The lowest BCUT2D eigenvalue weighted by molar-refractivity contribution is -0.137. The Morgan fingerprint density at radius 3 is 2.64 bits per heavy atom. The Balaban J connectivity index is 3.34. The summed E-state index contributed by atoms with van der Waals surface area (Å²) in [5.74, 6) is -0.441. The van der Waals surface area contributed by atoms with Crippen molar-refractivity contribution >= 4 is 12.0 Å². The minimum atomic E-state index is -0.441. The summed E-state index contributed by atoms with van der Waals surface area (Å²) in [5, 5.41) is 2.64. The zero-order chi connectivity index (χ0) is 11.0. The Bertz CT molecular complexity index is 214. The highest BCUT2D eigenvalue weighted by Gasteiger charge is 2.01. The van der Waals surface area contributed by atoms with Gasteiger partial charge in [0.1, 0.15) is 0 Å². The summed E-state index contributed by atoms with van der Waals surface area (Å²) in [4.78, 5) is 23.0. The van der Waals surface area contributed by atoms with Crippen molar-refractivity contribution in [3.63, 3.8) is 0 Å². The largest absolute Gasteiger partial charge is 0.462 e. The monoisotopic (exact) mass is 200 g/mol. The SMILES string of the molecule is C=CC(=O)OCCCNC(=O)N(C)C. The summed E-state index contributed by atoms with van der Waals surface area (Å²) in [6.45, 7) is 4.04. The van der Waals surface area contributed by atoms with Crippen LogP contribution in [0.1, 0.15) is 6.42 Å². The molecule has 80 valence electrons. The minimum absolute atomic E-state index is 0.153. The van der Waals surface area contributed by atoms with Crippen LogP contribution in [0.5, 0.6) is 0 Å². The van der Waals surface area contributed by atoms with E-state index in [0.717, 1.165) is 6.08 Å². The van der Waals surface area contributed by atoms with Gasteiger partial charge in [0.2, 0.25) is 0 Å². The molecular formula is C9H16N2O3. The van der Waals surface area contributed by atoms with Crippen LogP contribution in [-0.4, -0.2) is 44.1 Å². The van der Waals surface area contributed by atoms with E-state index in [1.165, 1.54) is 4.90 Å². The number of carbonyl (C=O) groups is 2. The van der Waals surface area contributed by atoms with Gasteiger partial charge in [-0.25, -0.2) is 9.59 Å². The summed E-state index contributed by atoms with van der Waals surface area (Å²) in [6, 6.07) is -0.153. The fraction of sp³-hybridized carbons (Fsp3) is 0.556. The molecule has 0 aromatic heterocycles. The van der Waals surface area contributed by atoms with Gasteiger partial charge in [-0.3, -0.25) is 0 Å². The molecule has 0 fully saturated rings. The van der Waals surface area contributed by atoms with Crippen molar-refractivity contribution < 1.29 is 14.3 Å². The number of rotatable bonds is 5. The lowest BCUT2D eigenvalue weighted by Crippen LogP contribution is -2.35. The smallest absolute Gasteiger partial charge is 0.330 e. The van der Waals surface area contributed by atoms with Crippen LogP contribution in [0.4, 0.5) is 4.79 Å². The fourth-order valence-corrected chi connectivity index (χ4v) is 0.657. The van der Waals surface area contributed by atoms with Gasteiger partial charge >= 0.3 is 12.0 Å². The molecule has 0 aromatic carbocycles. The molecule has 14 heavy (non-hydrogen) atoms. The van der Waals surface area contributed by atoms with Crippen molar-refractivity contribution in [3.05, 3.63) is 12.7 Å². The second kappa shape index (κ2) is 6.94. The van der Waals surface area contributed by atoms with E-state index >= 15 is 0 Å². The molecule has 5 nitrogen and oxygen atoms in total. The molecule has 2 amide bonds. The average molecular weight is 200 g/mol. The normalized spacial score (nSPS) is 9.00. The number of hydrogen-bond donors (Lipinski definition) is 1. The van der Waals surface area contributed by atoms with E-state index in [1.54, 1.807) is 14.1 Å². The molecule has 5 heteroatoms. The number of hydrogen-bond acceptors (Lipinski definition) is 3. The number of ether oxygens (including phenoxy) is 1. The Morgan fingerprint density at radius 1 is 1.50 bits per heavy atom. The summed E-state index contributed by atoms with van der Waals surface area (Å²) in [7, 11) is 3.32. The molecule has 0 saturated carbocycles. The van der Waals surface area contributed by atoms with Crippen molar-refractivity contribution in [2.45, 2.75) is 6.42 Å². The van der Waals surface area contributed by atoms with E-state index in [-0.39, 0.29) is 6.03 Å². The molecule has 0 aromatic rings. The van der Waals surface area contributed by atoms with Crippen molar-refractivity contribution in [1.29, 1.82) is 0 Å². The van der Waals surface area contributed by atoms with Gasteiger partial charge in [0.25, 0.3) is 0 Å². The third kappa shape index (κ3) is 6.05. The molecule has 0 heterocycles. The quantitative estimate of drug-likeness (QED) is 0.396. The first-order valence-electron chi connectivity index (χ1n) is 4.32. The van der Waals surface area contributed by atoms with Crippen molar-refractivity contribution in [2.24, 2.45) is 0 Å². The van der Waals surface area contributed by atoms with Crippen LogP contribution in [0.3, 0.4) is 0 Å². The van der Waals surface area contributed by atoms with E-state index in [1.807, 2.05) is 0 Å². The predicted octanol–water partition coefficient (Wildman–Crippen LogP) is 0.377. The lowest BCUT2D eigenvalue weighted by Gasteiger charge is -2.11. The van der Waals surface area contributed by atoms with Crippen LogP contribution in [0.15, 0.2) is 12.7 Å². The Morgan fingerprint density at radius 2 is 2.14 bits per heavy atom. The number of nitrogens with zero attached hydrogens (tertiary/aromatic N) is 1. The number of nitrogens with one attached hydrogen (secondary N) is 1. The maximum absolute atomic E-state index is 11.0. The molecule has 0 unspecified atom stereocenters. The van der Waals surface area contributed by atoms with Crippen molar-refractivity contribution in [3.8, 4) is 0 Å². The van der Waals surface area contributed by atoms with Crippen LogP contribution in [0.2, 0.25) is 0 Å². The highest BCUT2D eigenvalue weighted by atomic mass is 16.5. The van der Waals surface area contributed by atoms with Crippen LogP contribution in [-0.2, 0) is 9.53 Å². The number of esters is 1. The second-order valence-electron chi connectivity index (χ2n) is 2.85. The molecule has 0 aliphatic rings. The standard InChI is InChI=1S/C9H16N2O3/c1-4-8(12)14-7-5-6-10-9(13)11(2)3/h4H,1,5-7H2,2-3H3,(H,10,13). The Labute approximate surface area is 83.7 Å². The lowest BCUT2D eigenvalue weighted by atomic mass is 10.4. The van der Waals surface area contributed by atoms with E-state index in [2.05, 4.69) is 11.9 Å². The molecule has 0 aliphatic carbocycles. The number of amides is 2. The maximum Gasteiger partial charge on any atom is 0.330 e. The van der Waals surface area contributed by atoms with Crippen LogP contribution in [0.25, 0.3) is 0 Å². The molecule has 0 saturated heterocycles. The van der Waals surface area contributed by atoms with Gasteiger partial charge < -0.3 is 15.0 Å². The third-order valence-electron chi connectivity index (χ3n) is 1.41. The van der Waals surface area contributed by atoms with E-state index < -0.39 is 5.97 Å². The molecule has 1 N–H and O–H groups in total. The molecular weight excluding hydrogens is 184 g/mol. The van der Waals surface area contributed by atoms with E-state index in [0.29, 0.717) is 19.6 Å². The third-order valence-corrected chi connectivity index (χ3v) is 1.41. The molecule has 0 spiro atoms. The maximum atomic E-state index is 11.0. The first-order valence-corrected chi connectivity index (χ1v) is 4.32. The number of carbonyl (C=O) groups excluding carboxylic acids is 2. The van der Waals surface area contributed by atoms with Crippen molar-refractivity contribution in [2.75, 3.05) is 27.2 Å². The molecule has 0 radical (unpaired) electrons. The van der Waals surface area contributed by atoms with Gasteiger partial charge in [0.05, 0.1) is 6.61 Å². The number of urea groups is 1. The van der Waals surface area contributed by atoms with Gasteiger partial charge in [0.15, 0.2) is 0 Å². The van der Waals surface area contributed by atoms with Crippen LogP contribution < -0.4 is 5.32 Å². The summed E-state index contributed by atoms with van der Waals surface area (Å²) in [5.41, 5.74) is 0. The fourth-order valence-electron chi connectivity index (χ4n) is 0.657. The second-order valence-corrected chi connectivity index (χ2v) is 2.85. The molecule has 0 atom stereocenters. The summed E-state index contributed by atoms with van der Waals surface area (Å²) >= 11 is 0. The molecule has 0 bridgehead atoms. The zero-order valence-electron chi connectivity index (χ0n) is 8.58. The predicted molar refractivity (Wildman–Crippen MR) is 52.9 cm³/mol. The van der Waals surface area contributed by atoms with Gasteiger partial charge in [-0.1, -0.05) is 6.58 Å². The highest BCUT2D eigenvalue weighted by molar-refractivity contribution is 5.81. The van der Waals surface area contributed by atoms with Crippen LogP contribution in [0, 0.1) is 0 Å². The zero-order valence-corrected chi connectivity index (χ0v) is 8.58. The van der Waals surface area contributed by atoms with Gasteiger partial charge in [-0.2, -0.15) is 0 Å². The van der Waals surface area contributed by atoms with E-state index in [4.69, 9.17) is 4.74 Å². The highest BCUT2D eigenvalue weighted by Crippen LogP contribution is 1.84. The van der Waals surface area contributed by atoms with Gasteiger partial charge in [0, 0.05) is 26.7 Å². The van der Waals surface area contributed by atoms with Crippen molar-refractivity contribution in [1.82, 2.24) is 10.2 Å². The van der Waals surface area contributed by atoms with Gasteiger partial charge in [-0.15, -0.1) is 0 Å². The Kier molecular flexibility index (Phi) is 6.19. The molecule has 0 rings (SSSR count). The topological polar surface area (TPSA) is 58.6 Å².